The summed E-state index contributed by atoms with van der Waals surface area (Å²) in [5.74, 6) is 0.0826. The van der Waals surface area contributed by atoms with Gasteiger partial charge in [0.1, 0.15) is 13.2 Å². The van der Waals surface area contributed by atoms with Gasteiger partial charge in [-0.25, -0.2) is 0 Å². The lowest BCUT2D eigenvalue weighted by molar-refractivity contribution is -0.152. The van der Waals surface area contributed by atoms with Crippen LogP contribution in [0.3, 0.4) is 0 Å². The average Bonchev–Trinajstić information content (AvgIpc) is 2.68. The van der Waals surface area contributed by atoms with Crippen LogP contribution in [0.25, 0.3) is 0 Å². The van der Waals surface area contributed by atoms with E-state index in [1.807, 2.05) is 0 Å². The van der Waals surface area contributed by atoms with Gasteiger partial charge in [0.25, 0.3) is 5.91 Å². The van der Waals surface area contributed by atoms with Crippen LogP contribution >= 0.6 is 0 Å². The Morgan fingerprint density at radius 3 is 2.24 bits per heavy atom. The maximum absolute atomic E-state index is 12.3. The van der Waals surface area contributed by atoms with E-state index >= 15 is 0 Å². The lowest BCUT2D eigenvalue weighted by atomic mass is 10.1. The molecule has 0 spiro atoms. The Labute approximate surface area is 168 Å². The average molecular weight is 398 g/mol. The van der Waals surface area contributed by atoms with Gasteiger partial charge in [0.2, 0.25) is 5.91 Å². The second-order valence-corrected chi connectivity index (χ2v) is 6.53. The van der Waals surface area contributed by atoms with Gasteiger partial charge in [-0.05, 0) is 48.9 Å². The molecule has 0 unspecified atom stereocenters. The number of anilines is 2. The topological polar surface area (TPSA) is 103 Å². The minimum absolute atomic E-state index is 0.0136. The first-order valence-corrected chi connectivity index (χ1v) is 9.17. The summed E-state index contributed by atoms with van der Waals surface area (Å²) in [5, 5.41) is 5.31. The molecule has 0 aromatic heterocycles. The number of esters is 1. The third-order valence-corrected chi connectivity index (χ3v) is 4.11. The van der Waals surface area contributed by atoms with Gasteiger partial charge in [-0.1, -0.05) is 6.07 Å². The van der Waals surface area contributed by atoms with Crippen molar-refractivity contribution in [2.45, 2.75) is 26.4 Å². The molecule has 0 aliphatic carbocycles. The Balaban J connectivity index is 1.51. The first-order valence-electron chi connectivity index (χ1n) is 9.17. The third kappa shape index (κ3) is 5.71. The minimum Gasteiger partial charge on any atom is -0.486 e. The molecule has 2 aromatic carbocycles. The molecule has 0 fully saturated rings. The molecular weight excluding hydrogens is 376 g/mol. The quantitative estimate of drug-likeness (QED) is 0.725. The summed E-state index contributed by atoms with van der Waals surface area (Å²) in [5.41, 5.74) is 1.86. The Bertz CT molecular complexity index is 910. The van der Waals surface area contributed by atoms with E-state index in [9.17, 15) is 14.4 Å². The molecule has 0 radical (unpaired) electrons. The lowest BCUT2D eigenvalue weighted by Gasteiger charge is -2.19. The van der Waals surface area contributed by atoms with E-state index < -0.39 is 18.0 Å². The molecule has 29 heavy (non-hydrogen) atoms. The fourth-order valence-electron chi connectivity index (χ4n) is 2.74. The van der Waals surface area contributed by atoms with Crippen LogP contribution in [0.2, 0.25) is 0 Å². The highest BCUT2D eigenvalue weighted by Crippen LogP contribution is 2.30. The molecule has 1 aliphatic heterocycles. The van der Waals surface area contributed by atoms with E-state index in [1.165, 1.54) is 13.8 Å². The molecule has 1 heterocycles. The highest BCUT2D eigenvalue weighted by molar-refractivity contribution is 5.95. The molecular formula is C21H22N2O6. The standard InChI is InChI=1S/C21H22N2O6/c1-13(21(26)23-17-6-4-16(5-7-17)22-14(2)24)29-20(25)12-15-3-8-18-19(11-15)28-10-9-27-18/h3-8,11,13H,9-10,12H2,1-2H3,(H,22,24)(H,23,26)/t13-/m0/s1. The van der Waals surface area contributed by atoms with Gasteiger partial charge >= 0.3 is 5.97 Å². The number of amides is 2. The maximum atomic E-state index is 12.3. The molecule has 0 bridgehead atoms. The second kappa shape index (κ2) is 9.09. The molecule has 1 atom stereocenters. The van der Waals surface area contributed by atoms with E-state index in [0.717, 1.165) is 0 Å². The van der Waals surface area contributed by atoms with Gasteiger partial charge in [-0.3, -0.25) is 14.4 Å². The number of ether oxygens (including phenoxy) is 3. The largest absolute Gasteiger partial charge is 0.486 e. The highest BCUT2D eigenvalue weighted by Gasteiger charge is 2.19. The number of carbonyl (C=O) groups is 3. The number of fused-ring (bicyclic) bond motifs is 1. The van der Waals surface area contributed by atoms with Gasteiger partial charge in [0.15, 0.2) is 17.6 Å². The highest BCUT2D eigenvalue weighted by atomic mass is 16.6. The van der Waals surface area contributed by atoms with Crippen LogP contribution in [0.4, 0.5) is 11.4 Å². The van der Waals surface area contributed by atoms with Crippen LogP contribution in [0.1, 0.15) is 19.4 Å². The van der Waals surface area contributed by atoms with Gasteiger partial charge < -0.3 is 24.8 Å². The number of nitrogens with one attached hydrogen (secondary N) is 2. The summed E-state index contributed by atoms with van der Waals surface area (Å²) in [6.07, 6.45) is -0.950. The monoisotopic (exact) mass is 398 g/mol. The molecule has 1 aliphatic rings. The summed E-state index contributed by atoms with van der Waals surface area (Å²) in [7, 11) is 0. The summed E-state index contributed by atoms with van der Waals surface area (Å²) in [6, 6.07) is 11.9. The predicted octanol–water partition coefficient (Wildman–Crippen LogP) is 2.53. The Morgan fingerprint density at radius 1 is 0.966 bits per heavy atom. The minimum atomic E-state index is -0.963. The van der Waals surface area contributed by atoms with E-state index in [1.54, 1.807) is 42.5 Å². The summed E-state index contributed by atoms with van der Waals surface area (Å²) >= 11 is 0. The zero-order valence-electron chi connectivity index (χ0n) is 16.2. The third-order valence-electron chi connectivity index (χ3n) is 4.11. The summed E-state index contributed by atoms with van der Waals surface area (Å²) in [6.45, 7) is 3.88. The fraction of sp³-hybridized carbons (Fsp3) is 0.286. The van der Waals surface area contributed by atoms with Crippen LogP contribution < -0.4 is 20.1 Å². The molecule has 8 heteroatoms. The molecule has 2 N–H and O–H groups in total. The zero-order chi connectivity index (χ0) is 20.8. The van der Waals surface area contributed by atoms with Gasteiger partial charge in [-0.2, -0.15) is 0 Å². The van der Waals surface area contributed by atoms with Crippen molar-refractivity contribution in [3.63, 3.8) is 0 Å². The van der Waals surface area contributed by atoms with Gasteiger partial charge in [0, 0.05) is 18.3 Å². The first-order chi connectivity index (χ1) is 13.9. The van der Waals surface area contributed by atoms with E-state index in [2.05, 4.69) is 10.6 Å². The van der Waals surface area contributed by atoms with Gasteiger partial charge in [-0.15, -0.1) is 0 Å². The van der Waals surface area contributed by atoms with Crippen LogP contribution in [0.5, 0.6) is 11.5 Å². The van der Waals surface area contributed by atoms with Gasteiger partial charge in [0.05, 0.1) is 6.42 Å². The molecule has 0 saturated carbocycles. The summed E-state index contributed by atoms with van der Waals surface area (Å²) < 4.78 is 16.2. The van der Waals surface area contributed by atoms with E-state index in [4.69, 9.17) is 14.2 Å². The van der Waals surface area contributed by atoms with Crippen molar-refractivity contribution in [3.05, 3.63) is 48.0 Å². The van der Waals surface area contributed by atoms with Crippen LogP contribution in [-0.4, -0.2) is 37.1 Å². The van der Waals surface area contributed by atoms with E-state index in [0.29, 0.717) is 41.7 Å². The Hall–Kier alpha value is -3.55. The molecule has 2 aromatic rings. The fourth-order valence-corrected chi connectivity index (χ4v) is 2.74. The number of hydrogen-bond acceptors (Lipinski definition) is 6. The van der Waals surface area contributed by atoms with Crippen molar-refractivity contribution >= 4 is 29.2 Å². The second-order valence-electron chi connectivity index (χ2n) is 6.53. The van der Waals surface area contributed by atoms with Crippen LogP contribution in [0, 0.1) is 0 Å². The molecule has 3 rings (SSSR count). The maximum Gasteiger partial charge on any atom is 0.311 e. The molecule has 152 valence electrons. The van der Waals surface area contributed by atoms with Crippen molar-refractivity contribution in [2.75, 3.05) is 23.8 Å². The van der Waals surface area contributed by atoms with Crippen molar-refractivity contribution in [1.29, 1.82) is 0 Å². The smallest absolute Gasteiger partial charge is 0.311 e. The van der Waals surface area contributed by atoms with E-state index in [-0.39, 0.29) is 12.3 Å². The molecule has 2 amide bonds. The first kappa shape index (κ1) is 20.2. The number of benzene rings is 2. The van der Waals surface area contributed by atoms with Crippen molar-refractivity contribution in [3.8, 4) is 11.5 Å². The Kier molecular flexibility index (Phi) is 6.33. The Morgan fingerprint density at radius 2 is 1.59 bits per heavy atom. The summed E-state index contributed by atoms with van der Waals surface area (Å²) in [4.78, 5) is 35.5. The number of rotatable bonds is 6. The van der Waals surface area contributed by atoms with Crippen LogP contribution in [0.15, 0.2) is 42.5 Å². The normalized spacial score (nSPS) is 13.2. The van der Waals surface area contributed by atoms with Crippen molar-refractivity contribution < 1.29 is 28.6 Å². The predicted molar refractivity (Wildman–Crippen MR) is 106 cm³/mol. The zero-order valence-corrected chi connectivity index (χ0v) is 16.2. The van der Waals surface area contributed by atoms with Crippen LogP contribution in [-0.2, 0) is 25.5 Å². The number of hydrogen-bond donors (Lipinski definition) is 2. The van der Waals surface area contributed by atoms with Crippen molar-refractivity contribution in [1.82, 2.24) is 0 Å². The SMILES string of the molecule is CC(=O)Nc1ccc(NC(=O)[C@H](C)OC(=O)Cc2ccc3c(c2)OCCO3)cc1. The molecule has 8 nitrogen and oxygen atoms in total. The number of carbonyl (C=O) groups excluding carboxylic acids is 3. The lowest BCUT2D eigenvalue weighted by Crippen LogP contribution is -2.30. The van der Waals surface area contributed by atoms with Crippen molar-refractivity contribution in [2.24, 2.45) is 0 Å². The molecule has 0 saturated heterocycles.